The van der Waals surface area contributed by atoms with Gasteiger partial charge in [-0.15, -0.1) is 0 Å². The maximum atomic E-state index is 12.4. The maximum Gasteiger partial charge on any atom is 0.408 e. The smallest absolute Gasteiger partial charge is 0.408 e. The number of carbonyl (C=O) groups is 2. The SMILES string of the molecule is CC(C)[C@H](NC(=O)OC(C)(C)C)C(=O)N/N=C/c1ccc2ncccc2c1. The molecule has 1 heterocycles. The Morgan fingerprint density at radius 2 is 1.96 bits per heavy atom. The molecule has 2 N–H and O–H groups in total. The van der Waals surface area contributed by atoms with Crippen LogP contribution in [0.5, 0.6) is 0 Å². The fraction of sp³-hybridized carbons (Fsp3) is 0.400. The Labute approximate surface area is 159 Å². The molecule has 0 fully saturated rings. The van der Waals surface area contributed by atoms with Gasteiger partial charge in [0.2, 0.25) is 0 Å². The zero-order chi connectivity index (χ0) is 20.0. The molecule has 7 nitrogen and oxygen atoms in total. The molecule has 0 unspecified atom stereocenters. The number of nitrogens with one attached hydrogen (secondary N) is 2. The molecule has 144 valence electrons. The van der Waals surface area contributed by atoms with Gasteiger partial charge in [-0.2, -0.15) is 5.10 Å². The van der Waals surface area contributed by atoms with Crippen LogP contribution < -0.4 is 10.7 Å². The van der Waals surface area contributed by atoms with Gasteiger partial charge in [-0.3, -0.25) is 9.78 Å². The lowest BCUT2D eigenvalue weighted by atomic mass is 10.0. The van der Waals surface area contributed by atoms with Gasteiger partial charge in [0.05, 0.1) is 11.7 Å². The largest absolute Gasteiger partial charge is 0.444 e. The summed E-state index contributed by atoms with van der Waals surface area (Å²) in [4.78, 5) is 28.6. The van der Waals surface area contributed by atoms with E-state index in [0.717, 1.165) is 16.5 Å². The highest BCUT2D eigenvalue weighted by Crippen LogP contribution is 2.12. The number of amides is 2. The van der Waals surface area contributed by atoms with Gasteiger partial charge in [-0.05, 0) is 50.5 Å². The van der Waals surface area contributed by atoms with Gasteiger partial charge in [0.25, 0.3) is 5.91 Å². The average Bonchev–Trinajstić information content (AvgIpc) is 2.57. The van der Waals surface area contributed by atoms with Crippen molar-refractivity contribution in [3.63, 3.8) is 0 Å². The number of aromatic nitrogens is 1. The molecule has 0 saturated carbocycles. The van der Waals surface area contributed by atoms with Crippen LogP contribution in [-0.4, -0.2) is 34.8 Å². The Hall–Kier alpha value is -2.96. The first-order valence-electron chi connectivity index (χ1n) is 8.83. The fourth-order valence-electron chi connectivity index (χ4n) is 2.38. The van der Waals surface area contributed by atoms with E-state index in [1.54, 1.807) is 33.2 Å². The first-order chi connectivity index (χ1) is 12.7. The van der Waals surface area contributed by atoms with Crippen LogP contribution in [0.1, 0.15) is 40.2 Å². The molecule has 0 aliphatic heterocycles. The third kappa shape index (κ3) is 6.36. The van der Waals surface area contributed by atoms with Gasteiger partial charge in [-0.1, -0.05) is 26.0 Å². The van der Waals surface area contributed by atoms with Gasteiger partial charge in [-0.25, -0.2) is 10.2 Å². The number of ether oxygens (including phenoxy) is 1. The summed E-state index contributed by atoms with van der Waals surface area (Å²) < 4.78 is 5.21. The summed E-state index contributed by atoms with van der Waals surface area (Å²) in [6.45, 7) is 8.96. The van der Waals surface area contributed by atoms with Gasteiger partial charge in [0.15, 0.2) is 0 Å². The first kappa shape index (κ1) is 20.4. The van der Waals surface area contributed by atoms with E-state index in [1.807, 2.05) is 44.2 Å². The molecule has 2 rings (SSSR count). The van der Waals surface area contributed by atoms with E-state index in [9.17, 15) is 9.59 Å². The lowest BCUT2D eigenvalue weighted by Gasteiger charge is -2.24. The highest BCUT2D eigenvalue weighted by molar-refractivity contribution is 5.90. The molecule has 0 radical (unpaired) electrons. The number of carbonyl (C=O) groups excluding carboxylic acids is 2. The molecule has 0 saturated heterocycles. The minimum atomic E-state index is -0.752. The topological polar surface area (TPSA) is 92.7 Å². The number of alkyl carbamates (subject to hydrolysis) is 1. The van der Waals surface area contributed by atoms with Crippen LogP contribution in [0.3, 0.4) is 0 Å². The second-order valence-electron chi connectivity index (χ2n) is 7.56. The Morgan fingerprint density at radius 3 is 2.63 bits per heavy atom. The van der Waals surface area contributed by atoms with Crippen molar-refractivity contribution in [3.05, 3.63) is 42.1 Å². The maximum absolute atomic E-state index is 12.4. The molecular formula is C20H26N4O3. The normalized spacial score (nSPS) is 13.0. The second-order valence-corrected chi connectivity index (χ2v) is 7.56. The number of fused-ring (bicyclic) bond motifs is 1. The predicted molar refractivity (Wildman–Crippen MR) is 105 cm³/mol. The molecular weight excluding hydrogens is 344 g/mol. The number of hydrogen-bond donors (Lipinski definition) is 2. The van der Waals surface area contributed by atoms with Crippen molar-refractivity contribution in [2.45, 2.75) is 46.3 Å². The molecule has 2 amide bonds. The molecule has 0 aliphatic carbocycles. The third-order valence-corrected chi connectivity index (χ3v) is 3.64. The monoisotopic (exact) mass is 370 g/mol. The van der Waals surface area contributed by atoms with E-state index in [1.165, 1.54) is 0 Å². The van der Waals surface area contributed by atoms with Crippen molar-refractivity contribution in [3.8, 4) is 0 Å². The number of hydrazone groups is 1. The standard InChI is InChI=1S/C20H26N4O3/c1-13(2)17(23-19(26)27-20(3,4)5)18(25)24-22-12-14-8-9-16-15(11-14)7-6-10-21-16/h6-13,17H,1-5H3,(H,23,26)(H,24,25)/b22-12+/t17-/m0/s1. The molecule has 27 heavy (non-hydrogen) atoms. The molecule has 7 heteroatoms. The number of hydrogen-bond acceptors (Lipinski definition) is 5. The summed E-state index contributed by atoms with van der Waals surface area (Å²) in [5, 5.41) is 7.57. The fourth-order valence-corrected chi connectivity index (χ4v) is 2.38. The number of nitrogens with zero attached hydrogens (tertiary/aromatic N) is 2. The summed E-state index contributed by atoms with van der Waals surface area (Å²) >= 11 is 0. The van der Waals surface area contributed by atoms with Crippen molar-refractivity contribution in [1.29, 1.82) is 0 Å². The van der Waals surface area contributed by atoms with Crippen LogP contribution in [0.4, 0.5) is 4.79 Å². The van der Waals surface area contributed by atoms with Gasteiger partial charge < -0.3 is 10.1 Å². The lowest BCUT2D eigenvalue weighted by molar-refractivity contribution is -0.124. The van der Waals surface area contributed by atoms with Crippen molar-refractivity contribution in [2.75, 3.05) is 0 Å². The molecule has 2 aromatic rings. The first-order valence-corrected chi connectivity index (χ1v) is 8.83. The van der Waals surface area contributed by atoms with Crippen LogP contribution in [-0.2, 0) is 9.53 Å². The zero-order valence-corrected chi connectivity index (χ0v) is 16.3. The quantitative estimate of drug-likeness (QED) is 0.624. The molecule has 1 atom stereocenters. The minimum Gasteiger partial charge on any atom is -0.444 e. The van der Waals surface area contributed by atoms with E-state index < -0.39 is 23.6 Å². The molecule has 1 aromatic heterocycles. The molecule has 0 bridgehead atoms. The Kier molecular flexibility index (Phi) is 6.50. The highest BCUT2D eigenvalue weighted by atomic mass is 16.6. The second kappa shape index (κ2) is 8.62. The van der Waals surface area contributed by atoms with E-state index in [4.69, 9.17) is 4.74 Å². The van der Waals surface area contributed by atoms with E-state index >= 15 is 0 Å². The summed E-state index contributed by atoms with van der Waals surface area (Å²) in [6.07, 6.45) is 2.65. The number of pyridine rings is 1. The van der Waals surface area contributed by atoms with E-state index in [2.05, 4.69) is 20.8 Å². The Balaban J connectivity index is 1.99. The zero-order valence-electron chi connectivity index (χ0n) is 16.3. The number of rotatable bonds is 5. The highest BCUT2D eigenvalue weighted by Gasteiger charge is 2.26. The van der Waals surface area contributed by atoms with Crippen LogP contribution in [0.25, 0.3) is 10.9 Å². The summed E-state index contributed by atoms with van der Waals surface area (Å²) in [7, 11) is 0. The third-order valence-electron chi connectivity index (χ3n) is 3.64. The van der Waals surface area contributed by atoms with Gasteiger partial charge in [0, 0.05) is 11.6 Å². The summed E-state index contributed by atoms with van der Waals surface area (Å²) in [5.74, 6) is -0.533. The predicted octanol–water partition coefficient (Wildman–Crippen LogP) is 3.23. The van der Waals surface area contributed by atoms with Crippen LogP contribution in [0.2, 0.25) is 0 Å². The van der Waals surface area contributed by atoms with Crippen LogP contribution in [0.15, 0.2) is 41.6 Å². The molecule has 1 aromatic carbocycles. The Morgan fingerprint density at radius 1 is 1.22 bits per heavy atom. The Bertz CT molecular complexity index is 840. The summed E-state index contributed by atoms with van der Waals surface area (Å²) in [5.41, 5.74) is 3.56. The number of benzene rings is 1. The van der Waals surface area contributed by atoms with E-state index in [-0.39, 0.29) is 5.92 Å². The van der Waals surface area contributed by atoms with Crippen molar-refractivity contribution >= 4 is 29.1 Å². The molecule has 0 spiro atoms. The van der Waals surface area contributed by atoms with Gasteiger partial charge in [0.1, 0.15) is 11.6 Å². The molecule has 0 aliphatic rings. The lowest BCUT2D eigenvalue weighted by Crippen LogP contribution is -2.49. The van der Waals surface area contributed by atoms with E-state index in [0.29, 0.717) is 0 Å². The van der Waals surface area contributed by atoms with Crippen molar-refractivity contribution < 1.29 is 14.3 Å². The van der Waals surface area contributed by atoms with Crippen molar-refractivity contribution in [1.82, 2.24) is 15.7 Å². The van der Waals surface area contributed by atoms with Crippen molar-refractivity contribution in [2.24, 2.45) is 11.0 Å². The van der Waals surface area contributed by atoms with Gasteiger partial charge >= 0.3 is 6.09 Å². The average molecular weight is 370 g/mol. The minimum absolute atomic E-state index is 0.125. The van der Waals surface area contributed by atoms with Crippen LogP contribution >= 0.6 is 0 Å². The summed E-state index contributed by atoms with van der Waals surface area (Å²) in [6, 6.07) is 8.75. The van der Waals surface area contributed by atoms with Crippen LogP contribution in [0, 0.1) is 5.92 Å².